The first-order valence-corrected chi connectivity index (χ1v) is 7.88. The molecule has 0 N–H and O–H groups in total. The van der Waals surface area contributed by atoms with E-state index < -0.39 is 0 Å². The van der Waals surface area contributed by atoms with Gasteiger partial charge >= 0.3 is 0 Å². The molecule has 4 rings (SSSR count). The smallest absolute Gasteiger partial charge is 0.222 e. The summed E-state index contributed by atoms with van der Waals surface area (Å²) in [6.45, 7) is 3.71. The molecule has 3 nitrogen and oxygen atoms in total. The third-order valence-electron chi connectivity index (χ3n) is 5.88. The summed E-state index contributed by atoms with van der Waals surface area (Å²) in [6, 6.07) is 1.41. The first-order valence-electron chi connectivity index (χ1n) is 7.88. The van der Waals surface area contributed by atoms with Crippen LogP contribution in [0.25, 0.3) is 0 Å². The zero-order chi connectivity index (χ0) is 12.1. The van der Waals surface area contributed by atoms with E-state index in [1.807, 2.05) is 0 Å². The van der Waals surface area contributed by atoms with Gasteiger partial charge in [0.15, 0.2) is 0 Å². The number of piperidine rings is 4. The van der Waals surface area contributed by atoms with Gasteiger partial charge in [-0.05, 0) is 63.5 Å². The van der Waals surface area contributed by atoms with Gasteiger partial charge in [-0.15, -0.1) is 24.0 Å². The number of carbonyl (C=O) groups is 1. The number of amides is 1. The van der Waals surface area contributed by atoms with E-state index in [2.05, 4.69) is 9.80 Å². The second kappa shape index (κ2) is 5.51. The Hall–Kier alpha value is 0.160. The summed E-state index contributed by atoms with van der Waals surface area (Å²) in [4.78, 5) is 17.2. The largest absolute Gasteiger partial charge is 0.339 e. The van der Waals surface area contributed by atoms with E-state index in [1.165, 1.54) is 45.2 Å². The molecule has 0 unspecified atom stereocenters. The molecule has 0 radical (unpaired) electrons. The van der Waals surface area contributed by atoms with Crippen LogP contribution in [0.5, 0.6) is 0 Å². The lowest BCUT2D eigenvalue weighted by Gasteiger charge is -2.58. The Kier molecular flexibility index (Phi) is 4.09. The van der Waals surface area contributed by atoms with Gasteiger partial charge in [-0.2, -0.15) is 0 Å². The third kappa shape index (κ3) is 2.23. The van der Waals surface area contributed by atoms with Crippen LogP contribution in [0.4, 0.5) is 0 Å². The van der Waals surface area contributed by atoms with Gasteiger partial charge in [-0.3, -0.25) is 9.69 Å². The summed E-state index contributed by atoms with van der Waals surface area (Å²) in [6.07, 6.45) is 8.64. The first kappa shape index (κ1) is 14.1. The average molecular weight is 376 g/mol. The number of hydrogen-bond acceptors (Lipinski definition) is 2. The molecule has 0 aliphatic carbocycles. The normalized spacial score (nSPS) is 42.1. The minimum absolute atomic E-state index is 0. The molecule has 4 fully saturated rings. The Morgan fingerprint density at radius 1 is 1.00 bits per heavy atom. The van der Waals surface area contributed by atoms with E-state index in [1.54, 1.807) is 0 Å². The molecule has 19 heavy (non-hydrogen) atoms. The van der Waals surface area contributed by atoms with Crippen LogP contribution < -0.4 is 0 Å². The maximum atomic E-state index is 12.2. The highest BCUT2D eigenvalue weighted by atomic mass is 127. The van der Waals surface area contributed by atoms with Gasteiger partial charge in [0.25, 0.3) is 0 Å². The molecular weight excluding hydrogens is 351 g/mol. The molecule has 4 heterocycles. The fraction of sp³-hybridized carbons (Fsp3) is 0.933. The van der Waals surface area contributed by atoms with Crippen molar-refractivity contribution in [3.05, 3.63) is 0 Å². The number of halogens is 1. The lowest BCUT2D eigenvalue weighted by atomic mass is 9.68. The van der Waals surface area contributed by atoms with Crippen molar-refractivity contribution in [2.45, 2.75) is 57.0 Å². The zero-order valence-electron chi connectivity index (χ0n) is 11.6. The van der Waals surface area contributed by atoms with Crippen LogP contribution in [0, 0.1) is 11.8 Å². The van der Waals surface area contributed by atoms with Crippen LogP contribution in [0.15, 0.2) is 0 Å². The number of fused-ring (bicyclic) bond motifs is 2. The van der Waals surface area contributed by atoms with E-state index in [4.69, 9.17) is 0 Å². The van der Waals surface area contributed by atoms with Crippen LogP contribution in [0.3, 0.4) is 0 Å². The molecule has 0 aromatic rings. The highest BCUT2D eigenvalue weighted by Gasteiger charge is 2.50. The van der Waals surface area contributed by atoms with E-state index >= 15 is 0 Å². The van der Waals surface area contributed by atoms with Crippen molar-refractivity contribution >= 4 is 29.9 Å². The van der Waals surface area contributed by atoms with Crippen molar-refractivity contribution in [3.8, 4) is 0 Å². The second-order valence-corrected chi connectivity index (χ2v) is 6.74. The van der Waals surface area contributed by atoms with Crippen molar-refractivity contribution in [1.29, 1.82) is 0 Å². The summed E-state index contributed by atoms with van der Waals surface area (Å²) in [5.74, 6) is 2.02. The molecule has 1 amide bonds. The fourth-order valence-corrected chi connectivity index (χ4v) is 5.26. The van der Waals surface area contributed by atoms with Crippen LogP contribution in [-0.4, -0.2) is 47.4 Å². The van der Waals surface area contributed by atoms with E-state index in [0.717, 1.165) is 37.3 Å². The summed E-state index contributed by atoms with van der Waals surface area (Å²) in [7, 11) is 0. The Morgan fingerprint density at radius 3 is 2.63 bits per heavy atom. The van der Waals surface area contributed by atoms with Crippen LogP contribution in [-0.2, 0) is 4.79 Å². The van der Waals surface area contributed by atoms with Crippen LogP contribution in [0.2, 0.25) is 0 Å². The van der Waals surface area contributed by atoms with E-state index in [9.17, 15) is 4.79 Å². The van der Waals surface area contributed by atoms with Gasteiger partial charge in [-0.1, -0.05) is 0 Å². The molecule has 108 valence electrons. The summed E-state index contributed by atoms with van der Waals surface area (Å²) in [5, 5.41) is 0. The monoisotopic (exact) mass is 376 g/mol. The van der Waals surface area contributed by atoms with Crippen LogP contribution >= 0.6 is 24.0 Å². The summed E-state index contributed by atoms with van der Waals surface area (Å²) in [5.41, 5.74) is 0. The maximum absolute atomic E-state index is 12.2. The predicted molar refractivity (Wildman–Crippen MR) is 85.6 cm³/mol. The Bertz CT molecular complexity index is 360. The van der Waals surface area contributed by atoms with Crippen molar-refractivity contribution in [1.82, 2.24) is 9.80 Å². The van der Waals surface area contributed by atoms with Crippen molar-refractivity contribution in [2.75, 3.05) is 19.6 Å². The minimum atomic E-state index is 0. The molecule has 4 aliphatic rings. The van der Waals surface area contributed by atoms with Gasteiger partial charge < -0.3 is 4.90 Å². The molecule has 4 atom stereocenters. The van der Waals surface area contributed by atoms with Crippen molar-refractivity contribution in [3.63, 3.8) is 0 Å². The molecule has 0 saturated carbocycles. The number of rotatable bonds is 0. The van der Waals surface area contributed by atoms with Gasteiger partial charge in [-0.25, -0.2) is 0 Å². The molecule has 0 spiro atoms. The molecule has 4 saturated heterocycles. The highest BCUT2D eigenvalue weighted by Crippen LogP contribution is 2.44. The van der Waals surface area contributed by atoms with E-state index in [0.29, 0.717) is 11.9 Å². The Balaban J connectivity index is 0.00000110. The van der Waals surface area contributed by atoms with Gasteiger partial charge in [0, 0.05) is 25.0 Å². The number of carbonyl (C=O) groups excluding carboxylic acids is 1. The summed E-state index contributed by atoms with van der Waals surface area (Å²) < 4.78 is 0. The van der Waals surface area contributed by atoms with Crippen LogP contribution in [0.1, 0.15) is 44.9 Å². The van der Waals surface area contributed by atoms with Crippen molar-refractivity contribution < 1.29 is 4.79 Å². The second-order valence-electron chi connectivity index (χ2n) is 6.74. The van der Waals surface area contributed by atoms with E-state index in [-0.39, 0.29) is 24.0 Å². The summed E-state index contributed by atoms with van der Waals surface area (Å²) >= 11 is 0. The standard InChI is InChI=1S/C15H24N2O.HI/c18-14-7-1-6-13-12-5-3-9-16-8-2-4-11(15(12)16)10-17(13)14;/h11-13,15H,1-10H2;1H/t11-,12-,13+,15+;/m0./s1. The topological polar surface area (TPSA) is 23.6 Å². The lowest BCUT2D eigenvalue weighted by Crippen LogP contribution is -2.66. The molecule has 0 aromatic heterocycles. The van der Waals surface area contributed by atoms with Gasteiger partial charge in [0.2, 0.25) is 5.91 Å². The Morgan fingerprint density at radius 2 is 1.79 bits per heavy atom. The third-order valence-corrected chi connectivity index (χ3v) is 5.88. The quantitative estimate of drug-likeness (QED) is 0.607. The average Bonchev–Trinajstić information content (AvgIpc) is 2.41. The SMILES string of the molecule is I.O=C1CCC[C@@H]2[C@@H]3CCCN4CCC[C@@H](CN12)[C@H]34. The maximum Gasteiger partial charge on any atom is 0.222 e. The predicted octanol–water partition coefficient (Wildman–Crippen LogP) is 2.49. The fourth-order valence-electron chi connectivity index (χ4n) is 5.26. The molecule has 0 aromatic carbocycles. The van der Waals surface area contributed by atoms with Gasteiger partial charge in [0.05, 0.1) is 0 Å². The number of nitrogens with zero attached hydrogens (tertiary/aromatic N) is 2. The molecule has 4 aliphatic heterocycles. The molecule has 0 bridgehead atoms. The highest BCUT2D eigenvalue weighted by molar-refractivity contribution is 14.0. The Labute approximate surface area is 133 Å². The van der Waals surface area contributed by atoms with Gasteiger partial charge in [0.1, 0.15) is 0 Å². The molecular formula is C15H25IN2O. The van der Waals surface area contributed by atoms with Crippen molar-refractivity contribution in [2.24, 2.45) is 11.8 Å². The zero-order valence-corrected chi connectivity index (χ0v) is 13.9. The molecule has 4 heteroatoms. The minimum Gasteiger partial charge on any atom is -0.339 e. The first-order chi connectivity index (χ1) is 8.84. The lowest BCUT2D eigenvalue weighted by molar-refractivity contribution is -0.150. The number of hydrogen-bond donors (Lipinski definition) is 0.